The Hall–Kier alpha value is -1.99. The lowest BCUT2D eigenvalue weighted by Gasteiger charge is -2.19. The number of carbonyl (C=O) groups excluding carboxylic acids is 3. The second kappa shape index (κ2) is 10.2. The molecule has 9 heteroatoms. The number of nitrogens with one attached hydrogen (secondary N) is 3. The standard InChI is InChI=1S/C17H23Cl2N3O4/c1-17(2,3)26-16(25)20-8-4-5-14(23)21-10-15(24)22-13-9-11(18)6-7-12(13)19/h6-7,9H,4-5,8,10H2,1-3H3,(H,20,25)(H,21,23)(H,22,24). The highest BCUT2D eigenvalue weighted by atomic mass is 35.5. The number of ether oxygens (including phenoxy) is 1. The summed E-state index contributed by atoms with van der Waals surface area (Å²) in [5.41, 5.74) is -0.194. The Labute approximate surface area is 162 Å². The maximum absolute atomic E-state index is 11.8. The molecule has 0 aliphatic rings. The van der Waals surface area contributed by atoms with E-state index in [4.69, 9.17) is 27.9 Å². The molecule has 1 aromatic carbocycles. The molecule has 0 radical (unpaired) electrons. The van der Waals surface area contributed by atoms with Crippen LogP contribution in [0.1, 0.15) is 33.6 Å². The van der Waals surface area contributed by atoms with Gasteiger partial charge in [-0.2, -0.15) is 0 Å². The Morgan fingerprint density at radius 2 is 1.77 bits per heavy atom. The minimum atomic E-state index is -0.569. The van der Waals surface area contributed by atoms with Gasteiger partial charge in [0, 0.05) is 18.0 Å². The number of amides is 3. The van der Waals surface area contributed by atoms with Crippen LogP contribution in [-0.2, 0) is 14.3 Å². The maximum Gasteiger partial charge on any atom is 0.407 e. The largest absolute Gasteiger partial charge is 0.444 e. The van der Waals surface area contributed by atoms with Gasteiger partial charge in [0.15, 0.2) is 0 Å². The van der Waals surface area contributed by atoms with Crippen molar-refractivity contribution in [1.82, 2.24) is 10.6 Å². The van der Waals surface area contributed by atoms with Crippen molar-refractivity contribution in [2.24, 2.45) is 0 Å². The van der Waals surface area contributed by atoms with Gasteiger partial charge in [-0.05, 0) is 45.4 Å². The highest BCUT2D eigenvalue weighted by molar-refractivity contribution is 6.35. The van der Waals surface area contributed by atoms with E-state index >= 15 is 0 Å². The van der Waals surface area contributed by atoms with Crippen LogP contribution in [0.5, 0.6) is 0 Å². The fraction of sp³-hybridized carbons (Fsp3) is 0.471. The molecule has 144 valence electrons. The van der Waals surface area contributed by atoms with E-state index in [9.17, 15) is 14.4 Å². The lowest BCUT2D eigenvalue weighted by molar-refractivity contribution is -0.124. The van der Waals surface area contributed by atoms with Gasteiger partial charge in [-0.15, -0.1) is 0 Å². The molecule has 0 heterocycles. The number of hydrogen-bond donors (Lipinski definition) is 3. The SMILES string of the molecule is CC(C)(C)OC(=O)NCCCC(=O)NCC(=O)Nc1cc(Cl)ccc1Cl. The van der Waals surface area contributed by atoms with Gasteiger partial charge in [-0.3, -0.25) is 9.59 Å². The zero-order valence-corrected chi connectivity index (χ0v) is 16.5. The van der Waals surface area contributed by atoms with Crippen LogP contribution in [0.15, 0.2) is 18.2 Å². The second-order valence-electron chi connectivity index (χ2n) is 6.48. The smallest absolute Gasteiger partial charge is 0.407 e. The van der Waals surface area contributed by atoms with Crippen molar-refractivity contribution >= 4 is 46.8 Å². The molecule has 1 rings (SSSR count). The fourth-order valence-electron chi connectivity index (χ4n) is 1.81. The molecule has 0 atom stereocenters. The van der Waals surface area contributed by atoms with Crippen LogP contribution in [0.3, 0.4) is 0 Å². The van der Waals surface area contributed by atoms with E-state index in [1.807, 2.05) is 0 Å². The number of alkyl carbamates (subject to hydrolysis) is 1. The van der Waals surface area contributed by atoms with Gasteiger partial charge in [-0.25, -0.2) is 4.79 Å². The molecule has 7 nitrogen and oxygen atoms in total. The zero-order valence-electron chi connectivity index (χ0n) is 14.9. The Bertz CT molecular complexity index is 660. The van der Waals surface area contributed by atoms with Crippen molar-refractivity contribution in [2.45, 2.75) is 39.2 Å². The van der Waals surface area contributed by atoms with Crippen LogP contribution in [0, 0.1) is 0 Å². The summed E-state index contributed by atoms with van der Waals surface area (Å²) in [6, 6.07) is 4.69. The molecule has 0 aliphatic carbocycles. The van der Waals surface area contributed by atoms with Crippen molar-refractivity contribution < 1.29 is 19.1 Å². The third-order valence-electron chi connectivity index (χ3n) is 2.90. The summed E-state index contributed by atoms with van der Waals surface area (Å²) in [7, 11) is 0. The molecule has 0 bridgehead atoms. The fourth-order valence-corrected chi connectivity index (χ4v) is 2.15. The van der Waals surface area contributed by atoms with E-state index in [1.54, 1.807) is 32.9 Å². The Morgan fingerprint density at radius 1 is 1.08 bits per heavy atom. The summed E-state index contributed by atoms with van der Waals surface area (Å²) in [6.07, 6.45) is 0.0593. The molecular weight excluding hydrogens is 381 g/mol. The van der Waals surface area contributed by atoms with Crippen LogP contribution < -0.4 is 16.0 Å². The number of benzene rings is 1. The molecule has 3 N–H and O–H groups in total. The van der Waals surface area contributed by atoms with E-state index in [0.29, 0.717) is 28.7 Å². The van der Waals surface area contributed by atoms with Crippen LogP contribution >= 0.6 is 23.2 Å². The molecular formula is C17H23Cl2N3O4. The summed E-state index contributed by atoms with van der Waals surface area (Å²) < 4.78 is 5.07. The van der Waals surface area contributed by atoms with Crippen molar-refractivity contribution in [3.05, 3.63) is 28.2 Å². The summed E-state index contributed by atoms with van der Waals surface area (Å²) in [6.45, 7) is 5.40. The van der Waals surface area contributed by atoms with E-state index in [0.717, 1.165) is 0 Å². The van der Waals surface area contributed by atoms with E-state index in [1.165, 1.54) is 6.07 Å². The number of anilines is 1. The molecule has 0 aliphatic heterocycles. The first-order valence-electron chi connectivity index (χ1n) is 8.05. The molecule has 3 amide bonds. The van der Waals surface area contributed by atoms with Crippen molar-refractivity contribution in [1.29, 1.82) is 0 Å². The molecule has 0 aromatic heterocycles. The Morgan fingerprint density at radius 3 is 2.42 bits per heavy atom. The van der Waals surface area contributed by atoms with Crippen molar-refractivity contribution in [2.75, 3.05) is 18.4 Å². The summed E-state index contributed by atoms with van der Waals surface area (Å²) >= 11 is 11.8. The first-order valence-corrected chi connectivity index (χ1v) is 8.81. The van der Waals surface area contributed by atoms with Gasteiger partial charge >= 0.3 is 6.09 Å². The third kappa shape index (κ3) is 9.48. The average Bonchev–Trinajstić information content (AvgIpc) is 2.51. The van der Waals surface area contributed by atoms with Crippen LogP contribution in [0.25, 0.3) is 0 Å². The predicted molar refractivity (Wildman–Crippen MR) is 102 cm³/mol. The van der Waals surface area contributed by atoms with E-state index < -0.39 is 17.6 Å². The van der Waals surface area contributed by atoms with Crippen molar-refractivity contribution in [3.63, 3.8) is 0 Å². The highest BCUT2D eigenvalue weighted by Gasteiger charge is 2.15. The molecule has 0 saturated carbocycles. The van der Waals surface area contributed by atoms with Crippen LogP contribution in [0.2, 0.25) is 10.0 Å². The molecule has 1 aromatic rings. The maximum atomic E-state index is 11.8. The van der Waals surface area contributed by atoms with Crippen LogP contribution in [-0.4, -0.2) is 36.6 Å². The highest BCUT2D eigenvalue weighted by Crippen LogP contribution is 2.25. The van der Waals surface area contributed by atoms with Gasteiger partial charge in [0.05, 0.1) is 17.3 Å². The monoisotopic (exact) mass is 403 g/mol. The molecule has 0 saturated heterocycles. The lowest BCUT2D eigenvalue weighted by atomic mass is 10.2. The Balaban J connectivity index is 2.22. The normalized spacial score (nSPS) is 10.8. The number of hydrogen-bond acceptors (Lipinski definition) is 4. The first kappa shape index (κ1) is 22.1. The molecule has 0 fully saturated rings. The number of rotatable bonds is 7. The summed E-state index contributed by atoms with van der Waals surface area (Å²) in [4.78, 5) is 35.0. The second-order valence-corrected chi connectivity index (χ2v) is 7.32. The van der Waals surface area contributed by atoms with Gasteiger partial charge in [-0.1, -0.05) is 23.2 Å². The van der Waals surface area contributed by atoms with Gasteiger partial charge in [0.25, 0.3) is 0 Å². The van der Waals surface area contributed by atoms with Gasteiger partial charge < -0.3 is 20.7 Å². The summed E-state index contributed by atoms with van der Waals surface area (Å²) in [5, 5.41) is 8.40. The molecule has 0 unspecified atom stereocenters. The number of carbonyl (C=O) groups is 3. The summed E-state index contributed by atoms with van der Waals surface area (Å²) in [5.74, 6) is -0.724. The zero-order chi connectivity index (χ0) is 19.7. The minimum Gasteiger partial charge on any atom is -0.444 e. The molecule has 0 spiro atoms. The lowest BCUT2D eigenvalue weighted by Crippen LogP contribution is -2.35. The topological polar surface area (TPSA) is 96.5 Å². The quantitative estimate of drug-likeness (QED) is 0.608. The number of halogens is 2. The Kier molecular flexibility index (Phi) is 8.68. The minimum absolute atomic E-state index is 0.168. The molecule has 26 heavy (non-hydrogen) atoms. The van der Waals surface area contributed by atoms with E-state index in [-0.39, 0.29) is 18.9 Å². The van der Waals surface area contributed by atoms with Gasteiger partial charge in [0.2, 0.25) is 11.8 Å². The van der Waals surface area contributed by atoms with Crippen molar-refractivity contribution in [3.8, 4) is 0 Å². The predicted octanol–water partition coefficient (Wildman–Crippen LogP) is 3.35. The van der Waals surface area contributed by atoms with Gasteiger partial charge in [0.1, 0.15) is 5.60 Å². The van der Waals surface area contributed by atoms with Crippen LogP contribution in [0.4, 0.5) is 10.5 Å². The van der Waals surface area contributed by atoms with E-state index in [2.05, 4.69) is 16.0 Å². The average molecular weight is 404 g/mol. The third-order valence-corrected chi connectivity index (χ3v) is 3.46. The first-order chi connectivity index (χ1) is 12.1.